The maximum Gasteiger partial charge on any atom is 0.460 e. The van der Waals surface area contributed by atoms with Crippen molar-refractivity contribution in [3.05, 3.63) is 157 Å². The van der Waals surface area contributed by atoms with Crippen LogP contribution in [0.25, 0.3) is 0 Å². The second kappa shape index (κ2) is 21.2. The highest BCUT2D eigenvalue weighted by atomic mass is 127. The van der Waals surface area contributed by atoms with E-state index < -0.39 is 66.8 Å². The molecule has 0 amide bonds. The standard InChI is InChI=1S/C33H29IS.2C4HF9O3S/c1-25-10-6-8-14-32(25)35(33-15-9-7-11-26(33)2)31-22-18-28(19-23-31)24-27-16-20-30(21-17-27)34-29-12-4-3-5-13-29;2*5-1(6,3(9,10)11)2(7,8)4(12,13)17(14,15)16/h3-23H,24H2,1-2H3;2*(H,14,15,16)/q+2;;/p-2. The molecule has 28 heteroatoms. The molecular formula is C41H29F18IO6S3. The van der Waals surface area contributed by atoms with Crippen LogP contribution in [-0.4, -0.2) is 72.5 Å². The first-order valence-corrected chi connectivity index (χ1v) is 24.4. The third-order valence-corrected chi connectivity index (χ3v) is 15.9. The van der Waals surface area contributed by atoms with Crippen molar-refractivity contribution >= 4 is 31.1 Å². The monoisotopic (exact) mass is 1180 g/mol. The molecule has 69 heavy (non-hydrogen) atoms. The summed E-state index contributed by atoms with van der Waals surface area (Å²) in [6.07, 6.45) is -13.4. The third kappa shape index (κ3) is 12.8. The average Bonchev–Trinajstić information content (AvgIpc) is 3.22. The van der Waals surface area contributed by atoms with E-state index in [2.05, 4.69) is 141 Å². The van der Waals surface area contributed by atoms with Crippen molar-refractivity contribution in [2.75, 3.05) is 0 Å². The van der Waals surface area contributed by atoms with E-state index in [1.807, 2.05) is 0 Å². The molecule has 0 bridgehead atoms. The highest BCUT2D eigenvalue weighted by Crippen LogP contribution is 2.55. The summed E-state index contributed by atoms with van der Waals surface area (Å²) >= 11 is -0.106. The van der Waals surface area contributed by atoms with Gasteiger partial charge in [-0.2, -0.15) is 79.0 Å². The quantitative estimate of drug-likeness (QED) is 0.0504. The number of hydrogen-bond acceptors (Lipinski definition) is 6. The Labute approximate surface area is 393 Å². The van der Waals surface area contributed by atoms with E-state index in [-0.39, 0.29) is 32.1 Å². The molecule has 5 aromatic rings. The Morgan fingerprint density at radius 3 is 1.04 bits per heavy atom. The summed E-state index contributed by atoms with van der Waals surface area (Å²) in [5.41, 5.74) is 5.43. The van der Waals surface area contributed by atoms with Crippen molar-refractivity contribution in [2.24, 2.45) is 0 Å². The second-order valence-corrected chi connectivity index (χ2v) is 21.7. The Bertz CT molecular complexity index is 2610. The van der Waals surface area contributed by atoms with E-state index in [1.165, 1.54) is 44.1 Å². The number of alkyl halides is 18. The van der Waals surface area contributed by atoms with Crippen molar-refractivity contribution in [3.8, 4) is 0 Å². The number of aryl methyl sites for hydroxylation is 2. The summed E-state index contributed by atoms with van der Waals surface area (Å²) in [5, 5.41) is -14.2. The molecule has 0 atom stereocenters. The molecule has 0 aliphatic rings. The first-order chi connectivity index (χ1) is 31.2. The van der Waals surface area contributed by atoms with Crippen molar-refractivity contribution < 1.29 is 126 Å². The van der Waals surface area contributed by atoms with Gasteiger partial charge in [0.2, 0.25) is 0 Å². The molecule has 0 aliphatic carbocycles. The van der Waals surface area contributed by atoms with Crippen LogP contribution in [0.2, 0.25) is 0 Å². The van der Waals surface area contributed by atoms with Gasteiger partial charge in [-0.15, -0.1) is 0 Å². The Morgan fingerprint density at radius 2 is 0.725 bits per heavy atom. The zero-order valence-electron chi connectivity index (χ0n) is 34.2. The molecule has 5 aromatic carbocycles. The lowest BCUT2D eigenvalue weighted by molar-refractivity contribution is -0.597. The molecule has 5 rings (SSSR count). The first kappa shape index (κ1) is 59.1. The third-order valence-electron chi connectivity index (χ3n) is 8.92. The largest absolute Gasteiger partial charge is 0.743 e. The van der Waals surface area contributed by atoms with Gasteiger partial charge in [-0.3, -0.25) is 0 Å². The minimum Gasteiger partial charge on any atom is -0.743 e. The predicted octanol–water partition coefficient (Wildman–Crippen LogP) is 9.03. The summed E-state index contributed by atoms with van der Waals surface area (Å²) in [6, 6.07) is 47.0. The summed E-state index contributed by atoms with van der Waals surface area (Å²) in [7, 11) is -14.9. The van der Waals surface area contributed by atoms with E-state index in [9.17, 15) is 105 Å². The summed E-state index contributed by atoms with van der Waals surface area (Å²) in [6.45, 7) is 4.46. The predicted molar refractivity (Wildman–Crippen MR) is 205 cm³/mol. The maximum atomic E-state index is 12.2. The summed E-state index contributed by atoms with van der Waals surface area (Å²) < 4.78 is 274. The Hall–Kier alpha value is -4.26. The molecule has 380 valence electrons. The minimum atomic E-state index is -7.43. The van der Waals surface area contributed by atoms with Crippen molar-refractivity contribution in [1.82, 2.24) is 0 Å². The van der Waals surface area contributed by atoms with Gasteiger partial charge in [0.1, 0.15) is 0 Å². The van der Waals surface area contributed by atoms with Gasteiger partial charge in [0.05, 0.1) is 10.9 Å². The normalized spacial score (nSPS) is 13.6. The molecule has 0 N–H and O–H groups in total. The van der Waals surface area contributed by atoms with Crippen LogP contribution in [0.4, 0.5) is 79.0 Å². The lowest BCUT2D eigenvalue weighted by Gasteiger charge is -2.34. The van der Waals surface area contributed by atoms with Crippen LogP contribution in [-0.2, 0) is 37.6 Å². The van der Waals surface area contributed by atoms with E-state index in [0.717, 1.165) is 6.42 Å². The van der Waals surface area contributed by atoms with Crippen LogP contribution >= 0.6 is 0 Å². The van der Waals surface area contributed by atoms with Gasteiger partial charge in [-0.05, 0) is 79.9 Å². The van der Waals surface area contributed by atoms with Gasteiger partial charge < -0.3 is 9.11 Å². The molecule has 0 saturated heterocycles. The average molecular weight is 1180 g/mol. The smallest absolute Gasteiger partial charge is 0.460 e. The molecule has 0 spiro atoms. The van der Waals surface area contributed by atoms with Gasteiger partial charge >= 0.3 is 67.8 Å². The van der Waals surface area contributed by atoms with Crippen LogP contribution in [0.3, 0.4) is 0 Å². The van der Waals surface area contributed by atoms with Crippen molar-refractivity contribution in [2.45, 2.75) is 81.5 Å². The Balaban J connectivity index is 0.000000313. The van der Waals surface area contributed by atoms with Crippen LogP contribution in [0.1, 0.15) is 22.3 Å². The zero-order chi connectivity index (χ0) is 53.0. The SMILES string of the molecule is Cc1ccccc1[S+](c1ccc(Cc2ccc([I+]c3ccccc3)cc2)cc1)c1ccccc1C.O=S(=O)([O-])C(F)(F)C(F)(F)C(F)(F)C(F)(F)F.O=S(=O)([O-])C(F)(F)C(F)(F)C(F)(F)C(F)(F)F. The van der Waals surface area contributed by atoms with Gasteiger partial charge in [0.15, 0.2) is 42.1 Å². The number of halogens is 19. The fourth-order valence-corrected chi connectivity index (χ4v) is 10.7. The Morgan fingerprint density at radius 1 is 0.420 bits per heavy atom. The number of rotatable bonds is 13. The fraction of sp³-hybridized carbons (Fsp3) is 0.268. The van der Waals surface area contributed by atoms with Gasteiger partial charge in [0.25, 0.3) is 0 Å². The van der Waals surface area contributed by atoms with Crippen LogP contribution in [0.5, 0.6) is 0 Å². The zero-order valence-corrected chi connectivity index (χ0v) is 38.8. The van der Waals surface area contributed by atoms with Crippen LogP contribution in [0.15, 0.2) is 142 Å². The lowest BCUT2D eigenvalue weighted by Crippen LogP contribution is -3.61. The van der Waals surface area contributed by atoms with Crippen LogP contribution < -0.4 is 21.2 Å². The highest BCUT2D eigenvalue weighted by molar-refractivity contribution is 7.97. The van der Waals surface area contributed by atoms with E-state index in [0.29, 0.717) is 0 Å². The van der Waals surface area contributed by atoms with Gasteiger partial charge in [0, 0.05) is 11.1 Å². The first-order valence-electron chi connectivity index (χ1n) is 18.2. The molecule has 0 radical (unpaired) electrons. The molecule has 0 saturated carbocycles. The fourth-order valence-electron chi connectivity index (χ4n) is 5.23. The van der Waals surface area contributed by atoms with Crippen molar-refractivity contribution in [1.29, 1.82) is 0 Å². The topological polar surface area (TPSA) is 114 Å². The van der Waals surface area contributed by atoms with E-state index in [1.54, 1.807) is 0 Å². The summed E-state index contributed by atoms with van der Waals surface area (Å²) in [5.74, 6) is -29.6. The van der Waals surface area contributed by atoms with Gasteiger partial charge in [-0.1, -0.05) is 78.9 Å². The number of hydrogen-bond donors (Lipinski definition) is 0. The second-order valence-electron chi connectivity index (χ2n) is 13.9. The lowest BCUT2D eigenvalue weighted by atomic mass is 10.1. The van der Waals surface area contributed by atoms with Gasteiger partial charge in [-0.25, -0.2) is 16.8 Å². The Kier molecular flexibility index (Phi) is 18.2. The molecule has 0 unspecified atom stereocenters. The molecule has 6 nitrogen and oxygen atoms in total. The maximum absolute atomic E-state index is 12.2. The van der Waals surface area contributed by atoms with Crippen molar-refractivity contribution in [3.63, 3.8) is 0 Å². The summed E-state index contributed by atoms with van der Waals surface area (Å²) in [4.78, 5) is 4.19. The molecule has 0 heterocycles. The van der Waals surface area contributed by atoms with E-state index >= 15 is 0 Å². The van der Waals surface area contributed by atoms with Crippen LogP contribution in [0, 0.1) is 21.0 Å². The highest BCUT2D eigenvalue weighted by Gasteiger charge is 2.85. The van der Waals surface area contributed by atoms with E-state index in [4.69, 9.17) is 0 Å². The minimum absolute atomic E-state index is 0.106. The molecule has 0 fully saturated rings. The molecule has 0 aliphatic heterocycles. The number of benzene rings is 5. The molecular weight excluding hydrogens is 1150 g/mol. The molecule has 0 aromatic heterocycles.